The van der Waals surface area contributed by atoms with Crippen LogP contribution in [0.15, 0.2) is 18.2 Å². The van der Waals surface area contributed by atoms with Crippen LogP contribution < -0.4 is 11.1 Å². The zero-order chi connectivity index (χ0) is 14.4. The Bertz CT molecular complexity index is 435. The van der Waals surface area contributed by atoms with Gasteiger partial charge in [0, 0.05) is 18.3 Å². The first-order chi connectivity index (χ1) is 8.91. The van der Waals surface area contributed by atoms with Gasteiger partial charge in [0.05, 0.1) is 10.6 Å². The maximum absolute atomic E-state index is 11.9. The summed E-state index contributed by atoms with van der Waals surface area (Å²) in [5.41, 5.74) is 6.61. The van der Waals surface area contributed by atoms with E-state index >= 15 is 0 Å². The molecule has 19 heavy (non-hydrogen) atoms. The number of rotatable bonds is 6. The van der Waals surface area contributed by atoms with Crippen LogP contribution in [0.3, 0.4) is 0 Å². The molecule has 3 N–H and O–H groups in total. The Kier molecular flexibility index (Phi) is 6.12. The van der Waals surface area contributed by atoms with E-state index in [4.69, 9.17) is 17.3 Å². The average Bonchev–Trinajstić information content (AvgIpc) is 2.33. The minimum atomic E-state index is -0.155. The first kappa shape index (κ1) is 15.8. The van der Waals surface area contributed by atoms with E-state index in [1.807, 2.05) is 0 Å². The van der Waals surface area contributed by atoms with Gasteiger partial charge in [-0.05, 0) is 52.1 Å². The molecule has 0 unspecified atom stereocenters. The summed E-state index contributed by atoms with van der Waals surface area (Å²) in [5.74, 6) is -0.155. The van der Waals surface area contributed by atoms with Crippen molar-refractivity contribution in [1.29, 1.82) is 0 Å². The number of hydrogen-bond donors (Lipinski definition) is 2. The van der Waals surface area contributed by atoms with Crippen molar-refractivity contribution in [1.82, 2.24) is 10.2 Å². The number of nitrogens with two attached hydrogens (primary N) is 1. The molecule has 0 saturated carbocycles. The number of anilines is 1. The molecule has 0 aliphatic heterocycles. The Morgan fingerprint density at radius 1 is 1.47 bits per heavy atom. The number of benzene rings is 1. The fraction of sp³-hybridized carbons (Fsp3) is 0.500. The van der Waals surface area contributed by atoms with Crippen LogP contribution in [0.4, 0.5) is 5.69 Å². The van der Waals surface area contributed by atoms with E-state index in [0.29, 0.717) is 28.9 Å². The first-order valence-corrected chi connectivity index (χ1v) is 6.83. The van der Waals surface area contributed by atoms with Crippen LogP contribution in [-0.4, -0.2) is 37.0 Å². The monoisotopic (exact) mass is 283 g/mol. The zero-order valence-corrected chi connectivity index (χ0v) is 12.5. The number of nitrogen functional groups attached to an aromatic ring is 1. The van der Waals surface area contributed by atoms with Gasteiger partial charge in [0.1, 0.15) is 0 Å². The third-order valence-electron chi connectivity index (χ3n) is 3.09. The van der Waals surface area contributed by atoms with E-state index in [9.17, 15) is 4.79 Å². The van der Waals surface area contributed by atoms with E-state index in [2.05, 4.69) is 31.1 Å². The molecule has 0 bridgehead atoms. The van der Waals surface area contributed by atoms with Gasteiger partial charge in [-0.15, -0.1) is 0 Å². The van der Waals surface area contributed by atoms with Crippen LogP contribution in [0.2, 0.25) is 5.02 Å². The Morgan fingerprint density at radius 2 is 2.16 bits per heavy atom. The van der Waals surface area contributed by atoms with Crippen molar-refractivity contribution in [2.75, 3.05) is 25.9 Å². The second kappa shape index (κ2) is 7.36. The number of nitrogens with zero attached hydrogens (tertiary/aromatic N) is 1. The summed E-state index contributed by atoms with van der Waals surface area (Å²) in [6.07, 6.45) is 0.910. The van der Waals surface area contributed by atoms with Crippen LogP contribution in [0, 0.1) is 0 Å². The molecule has 0 aromatic heterocycles. The number of carbonyl (C=O) groups excluding carboxylic acids is 1. The molecule has 1 aromatic carbocycles. The van der Waals surface area contributed by atoms with Gasteiger partial charge in [0.2, 0.25) is 0 Å². The van der Waals surface area contributed by atoms with Gasteiger partial charge in [0.15, 0.2) is 0 Å². The van der Waals surface area contributed by atoms with E-state index in [0.717, 1.165) is 13.0 Å². The number of carbonyl (C=O) groups is 1. The van der Waals surface area contributed by atoms with Gasteiger partial charge < -0.3 is 16.0 Å². The predicted octanol–water partition coefficient (Wildman–Crippen LogP) is 2.38. The van der Waals surface area contributed by atoms with E-state index < -0.39 is 0 Å². The summed E-state index contributed by atoms with van der Waals surface area (Å²) in [5, 5.41) is 3.25. The highest BCUT2D eigenvalue weighted by molar-refractivity contribution is 6.34. The standard InChI is InChI=1S/C14H22ClN3O/c1-10(2)18(3)8-4-7-17-14(19)12-6-5-11(16)9-13(12)15/h5-6,9-10H,4,7-8,16H2,1-3H3,(H,17,19). The highest BCUT2D eigenvalue weighted by Gasteiger charge is 2.10. The highest BCUT2D eigenvalue weighted by atomic mass is 35.5. The number of amides is 1. The Morgan fingerprint density at radius 3 is 2.74 bits per heavy atom. The minimum Gasteiger partial charge on any atom is -0.399 e. The van der Waals surface area contributed by atoms with Crippen molar-refractivity contribution in [3.05, 3.63) is 28.8 Å². The van der Waals surface area contributed by atoms with Gasteiger partial charge in [-0.1, -0.05) is 11.6 Å². The quantitative estimate of drug-likeness (QED) is 0.622. The van der Waals surface area contributed by atoms with Crippen molar-refractivity contribution < 1.29 is 4.79 Å². The second-order valence-corrected chi connectivity index (χ2v) is 5.33. The number of nitrogens with one attached hydrogen (secondary N) is 1. The molecule has 1 amide bonds. The summed E-state index contributed by atoms with van der Waals surface area (Å²) in [7, 11) is 2.07. The fourth-order valence-corrected chi connectivity index (χ4v) is 1.87. The molecule has 0 atom stereocenters. The molecular formula is C14H22ClN3O. The zero-order valence-electron chi connectivity index (χ0n) is 11.7. The minimum absolute atomic E-state index is 0.155. The SMILES string of the molecule is CC(C)N(C)CCCNC(=O)c1ccc(N)cc1Cl. The van der Waals surface area contributed by atoms with Crippen molar-refractivity contribution in [2.45, 2.75) is 26.3 Å². The molecule has 0 aliphatic carbocycles. The number of hydrogen-bond acceptors (Lipinski definition) is 3. The van der Waals surface area contributed by atoms with Crippen LogP contribution in [0.1, 0.15) is 30.6 Å². The molecule has 0 fully saturated rings. The Labute approximate surface area is 119 Å². The molecule has 1 rings (SSSR count). The van der Waals surface area contributed by atoms with E-state index in [-0.39, 0.29) is 5.91 Å². The maximum Gasteiger partial charge on any atom is 0.252 e. The molecule has 0 heterocycles. The molecular weight excluding hydrogens is 262 g/mol. The lowest BCUT2D eigenvalue weighted by atomic mass is 10.2. The first-order valence-electron chi connectivity index (χ1n) is 6.45. The molecule has 0 radical (unpaired) electrons. The largest absolute Gasteiger partial charge is 0.399 e. The molecule has 106 valence electrons. The molecule has 1 aromatic rings. The second-order valence-electron chi connectivity index (χ2n) is 4.92. The lowest BCUT2D eigenvalue weighted by Gasteiger charge is -2.20. The number of halogens is 1. The van der Waals surface area contributed by atoms with Gasteiger partial charge >= 0.3 is 0 Å². The average molecular weight is 284 g/mol. The van der Waals surface area contributed by atoms with Crippen molar-refractivity contribution in [3.8, 4) is 0 Å². The predicted molar refractivity (Wildman–Crippen MR) is 80.6 cm³/mol. The lowest BCUT2D eigenvalue weighted by Crippen LogP contribution is -2.31. The van der Waals surface area contributed by atoms with Gasteiger partial charge in [0.25, 0.3) is 5.91 Å². The van der Waals surface area contributed by atoms with Gasteiger partial charge in [-0.3, -0.25) is 4.79 Å². The third-order valence-corrected chi connectivity index (χ3v) is 3.41. The molecule has 5 heteroatoms. The molecule has 0 saturated heterocycles. The summed E-state index contributed by atoms with van der Waals surface area (Å²) in [6.45, 7) is 5.88. The van der Waals surface area contributed by atoms with E-state index in [1.54, 1.807) is 18.2 Å². The maximum atomic E-state index is 11.9. The van der Waals surface area contributed by atoms with Gasteiger partial charge in [-0.25, -0.2) is 0 Å². The Balaban J connectivity index is 2.39. The lowest BCUT2D eigenvalue weighted by molar-refractivity contribution is 0.0952. The van der Waals surface area contributed by atoms with Gasteiger partial charge in [-0.2, -0.15) is 0 Å². The molecule has 4 nitrogen and oxygen atoms in total. The van der Waals surface area contributed by atoms with Crippen LogP contribution >= 0.6 is 11.6 Å². The normalized spacial score (nSPS) is 11.1. The smallest absolute Gasteiger partial charge is 0.252 e. The van der Waals surface area contributed by atoms with Crippen LogP contribution in [-0.2, 0) is 0 Å². The van der Waals surface area contributed by atoms with Crippen molar-refractivity contribution >= 4 is 23.2 Å². The summed E-state index contributed by atoms with van der Waals surface area (Å²) in [6, 6.07) is 5.42. The highest BCUT2D eigenvalue weighted by Crippen LogP contribution is 2.18. The summed E-state index contributed by atoms with van der Waals surface area (Å²) in [4.78, 5) is 14.1. The fourth-order valence-electron chi connectivity index (χ4n) is 1.60. The topological polar surface area (TPSA) is 58.4 Å². The molecule has 0 aliphatic rings. The summed E-state index contributed by atoms with van der Waals surface area (Å²) >= 11 is 5.98. The van der Waals surface area contributed by atoms with Crippen LogP contribution in [0.25, 0.3) is 0 Å². The summed E-state index contributed by atoms with van der Waals surface area (Å²) < 4.78 is 0. The molecule has 0 spiro atoms. The third kappa shape index (κ3) is 5.09. The van der Waals surface area contributed by atoms with Crippen molar-refractivity contribution in [3.63, 3.8) is 0 Å². The van der Waals surface area contributed by atoms with Crippen LogP contribution in [0.5, 0.6) is 0 Å². The van der Waals surface area contributed by atoms with E-state index in [1.165, 1.54) is 0 Å². The van der Waals surface area contributed by atoms with Crippen molar-refractivity contribution in [2.24, 2.45) is 0 Å². The Hall–Kier alpha value is -1.26.